The van der Waals surface area contributed by atoms with Crippen molar-refractivity contribution in [2.24, 2.45) is 0 Å². The zero-order valence-corrected chi connectivity index (χ0v) is 8.38. The van der Waals surface area contributed by atoms with Gasteiger partial charge in [-0.2, -0.15) is 0 Å². The molecule has 0 bridgehead atoms. The van der Waals surface area contributed by atoms with Gasteiger partial charge in [0.05, 0.1) is 0 Å². The van der Waals surface area contributed by atoms with E-state index in [0.717, 1.165) is 10.8 Å². The molecule has 0 heterocycles. The summed E-state index contributed by atoms with van der Waals surface area (Å²) in [5.41, 5.74) is 0. The zero-order valence-electron chi connectivity index (χ0n) is 7.38. The monoisotopic (exact) mass is 210 g/mol. The summed E-state index contributed by atoms with van der Waals surface area (Å²) in [7, 11) is -4.15. The molecule has 2 rings (SSSR count). The number of hydrogen-bond donors (Lipinski definition) is 3. The molecule has 14 heavy (non-hydrogen) atoms. The average Bonchev–Trinajstić information content (AvgIpc) is 2.16. The zero-order chi connectivity index (χ0) is 10.2. The molecule has 0 aliphatic carbocycles. The maximum absolute atomic E-state index is 9.10. The van der Waals surface area contributed by atoms with Crippen LogP contribution < -0.4 is 5.30 Å². The van der Waals surface area contributed by atoms with Crippen molar-refractivity contribution < 1.29 is 14.7 Å². The van der Waals surface area contributed by atoms with Crippen molar-refractivity contribution in [1.29, 1.82) is 0 Å². The second-order valence-corrected chi connectivity index (χ2v) is 5.05. The summed E-state index contributed by atoms with van der Waals surface area (Å²) in [5.74, 6) is 0. The van der Waals surface area contributed by atoms with E-state index in [1.54, 1.807) is 12.1 Å². The van der Waals surface area contributed by atoms with Gasteiger partial charge in [-0.15, -0.1) is 0 Å². The summed E-state index contributed by atoms with van der Waals surface area (Å²) in [6.07, 6.45) is 0. The quantitative estimate of drug-likeness (QED) is 0.614. The van der Waals surface area contributed by atoms with Crippen LogP contribution in [0.2, 0.25) is 0 Å². The van der Waals surface area contributed by atoms with E-state index in [0.29, 0.717) is 0 Å². The van der Waals surface area contributed by atoms with E-state index in [1.165, 1.54) is 6.07 Å². The number of rotatable bonds is 1. The minimum atomic E-state index is -4.15. The standard InChI is InChI=1S/C10H11O3P/c11-14(12,13)10-6-5-8-3-1-2-4-9(8)7-10/h1-7,11-14H. The first kappa shape index (κ1) is 9.56. The molecule has 0 aliphatic rings. The van der Waals surface area contributed by atoms with Crippen LogP contribution in [0.4, 0.5) is 0 Å². The van der Waals surface area contributed by atoms with E-state index in [-0.39, 0.29) is 5.30 Å². The Hall–Kier alpha value is -0.990. The molecule has 0 spiro atoms. The Morgan fingerprint density at radius 1 is 0.786 bits per heavy atom. The van der Waals surface area contributed by atoms with Crippen LogP contribution in [0.1, 0.15) is 0 Å². The third kappa shape index (κ3) is 1.76. The van der Waals surface area contributed by atoms with Crippen molar-refractivity contribution in [3.8, 4) is 0 Å². The number of hydrogen-bond acceptors (Lipinski definition) is 3. The number of benzene rings is 2. The van der Waals surface area contributed by atoms with Gasteiger partial charge in [0.2, 0.25) is 0 Å². The van der Waals surface area contributed by atoms with Gasteiger partial charge in [-0.05, 0) is 0 Å². The van der Waals surface area contributed by atoms with Crippen LogP contribution in [0.15, 0.2) is 42.5 Å². The van der Waals surface area contributed by atoms with Gasteiger partial charge in [0.1, 0.15) is 0 Å². The van der Waals surface area contributed by atoms with Crippen molar-refractivity contribution in [1.82, 2.24) is 0 Å². The second kappa shape index (κ2) is 3.30. The molecule has 0 amide bonds. The van der Waals surface area contributed by atoms with Crippen LogP contribution in [0, 0.1) is 0 Å². The first-order valence-electron chi connectivity index (χ1n) is 4.24. The van der Waals surface area contributed by atoms with Gasteiger partial charge in [-0.3, -0.25) is 0 Å². The fourth-order valence-electron chi connectivity index (χ4n) is 1.40. The Morgan fingerprint density at radius 3 is 2.07 bits per heavy atom. The maximum atomic E-state index is 9.10. The summed E-state index contributed by atoms with van der Waals surface area (Å²) in [6.45, 7) is 0. The van der Waals surface area contributed by atoms with E-state index >= 15 is 0 Å². The molecule has 0 aliphatic heterocycles. The summed E-state index contributed by atoms with van der Waals surface area (Å²) >= 11 is 0. The van der Waals surface area contributed by atoms with Gasteiger partial charge in [0.15, 0.2) is 0 Å². The third-order valence-electron chi connectivity index (χ3n) is 2.14. The van der Waals surface area contributed by atoms with E-state index in [2.05, 4.69) is 0 Å². The summed E-state index contributed by atoms with van der Waals surface area (Å²) in [6, 6.07) is 12.4. The van der Waals surface area contributed by atoms with Gasteiger partial charge < -0.3 is 0 Å². The van der Waals surface area contributed by atoms with Crippen LogP contribution >= 0.6 is 7.94 Å². The normalized spacial score (nSPS) is 13.1. The Kier molecular flexibility index (Phi) is 2.25. The van der Waals surface area contributed by atoms with Crippen molar-refractivity contribution in [2.45, 2.75) is 0 Å². The third-order valence-corrected chi connectivity index (χ3v) is 3.22. The molecule has 0 fully saturated rings. The summed E-state index contributed by atoms with van der Waals surface area (Å²) < 4.78 is 0. The molecular weight excluding hydrogens is 199 g/mol. The van der Waals surface area contributed by atoms with Crippen LogP contribution in [-0.4, -0.2) is 14.7 Å². The van der Waals surface area contributed by atoms with Crippen LogP contribution in [0.25, 0.3) is 10.8 Å². The fraction of sp³-hybridized carbons (Fsp3) is 0. The van der Waals surface area contributed by atoms with E-state index in [9.17, 15) is 0 Å². The average molecular weight is 210 g/mol. The molecule has 2 aromatic rings. The van der Waals surface area contributed by atoms with Crippen LogP contribution in [-0.2, 0) is 0 Å². The fourth-order valence-corrected chi connectivity index (χ4v) is 2.05. The minimum absolute atomic E-state index is 0.205. The molecule has 2 aromatic carbocycles. The number of fused-ring (bicyclic) bond motifs is 1. The van der Waals surface area contributed by atoms with Crippen molar-refractivity contribution in [2.75, 3.05) is 0 Å². The Labute approximate surface area is 81.8 Å². The van der Waals surface area contributed by atoms with E-state index < -0.39 is 7.94 Å². The van der Waals surface area contributed by atoms with Gasteiger partial charge in [0, 0.05) is 0 Å². The van der Waals surface area contributed by atoms with Crippen molar-refractivity contribution in [3.05, 3.63) is 42.5 Å². The SMILES string of the molecule is O[PH](O)(O)c1ccc2ccccc2c1. The molecule has 0 atom stereocenters. The van der Waals surface area contributed by atoms with Crippen LogP contribution in [0.3, 0.4) is 0 Å². The van der Waals surface area contributed by atoms with Gasteiger partial charge in [-0.25, -0.2) is 0 Å². The van der Waals surface area contributed by atoms with Crippen molar-refractivity contribution in [3.63, 3.8) is 0 Å². The Balaban J connectivity index is 2.63. The summed E-state index contributed by atoms with van der Waals surface area (Å²) in [5, 5.41) is 2.10. The molecule has 0 unspecified atom stereocenters. The molecular formula is C10H11O3P. The molecule has 74 valence electrons. The first-order valence-corrected chi connectivity index (χ1v) is 6.08. The first-order chi connectivity index (χ1) is 6.57. The predicted octanol–water partition coefficient (Wildman–Crippen LogP) is 0.937. The predicted molar refractivity (Wildman–Crippen MR) is 58.6 cm³/mol. The van der Waals surface area contributed by atoms with E-state index in [1.807, 2.05) is 24.3 Å². The Bertz CT molecular complexity index is 462. The van der Waals surface area contributed by atoms with Gasteiger partial charge in [0.25, 0.3) is 0 Å². The van der Waals surface area contributed by atoms with Gasteiger partial charge >= 0.3 is 81.2 Å². The molecule has 4 heteroatoms. The van der Waals surface area contributed by atoms with Crippen LogP contribution in [0.5, 0.6) is 0 Å². The van der Waals surface area contributed by atoms with Crippen molar-refractivity contribution >= 4 is 24.0 Å². The Morgan fingerprint density at radius 2 is 1.43 bits per heavy atom. The summed E-state index contributed by atoms with van der Waals surface area (Å²) in [4.78, 5) is 27.3. The molecule has 0 aromatic heterocycles. The second-order valence-electron chi connectivity index (χ2n) is 3.20. The molecule has 0 radical (unpaired) electrons. The molecule has 3 nitrogen and oxygen atoms in total. The molecule has 3 N–H and O–H groups in total. The molecule has 0 saturated heterocycles. The molecule has 0 saturated carbocycles. The topological polar surface area (TPSA) is 60.7 Å². The van der Waals surface area contributed by atoms with E-state index in [4.69, 9.17) is 14.7 Å². The van der Waals surface area contributed by atoms with Gasteiger partial charge in [-0.1, -0.05) is 0 Å².